The monoisotopic (exact) mass is 436 g/mol. The SMILES string of the molecule is O=C(Cc1ccc(NS(=O)(=O)c2cccc3ccccc23)cc1)NCc1cccs1. The van der Waals surface area contributed by atoms with Crippen LogP contribution >= 0.6 is 11.3 Å². The van der Waals surface area contributed by atoms with E-state index >= 15 is 0 Å². The first-order valence-electron chi connectivity index (χ1n) is 9.40. The summed E-state index contributed by atoms with van der Waals surface area (Å²) < 4.78 is 28.4. The van der Waals surface area contributed by atoms with Gasteiger partial charge in [0.05, 0.1) is 17.9 Å². The second kappa shape index (κ2) is 8.69. The van der Waals surface area contributed by atoms with Gasteiger partial charge in [-0.3, -0.25) is 9.52 Å². The van der Waals surface area contributed by atoms with E-state index in [0.29, 0.717) is 17.6 Å². The first-order valence-corrected chi connectivity index (χ1v) is 11.8. The van der Waals surface area contributed by atoms with Gasteiger partial charge in [0.15, 0.2) is 0 Å². The second-order valence-electron chi connectivity index (χ2n) is 6.81. The van der Waals surface area contributed by atoms with Crippen molar-refractivity contribution < 1.29 is 13.2 Å². The number of carbonyl (C=O) groups is 1. The predicted molar refractivity (Wildman–Crippen MR) is 121 cm³/mol. The number of fused-ring (bicyclic) bond motifs is 1. The Morgan fingerprint density at radius 1 is 0.867 bits per heavy atom. The van der Waals surface area contributed by atoms with Crippen molar-refractivity contribution >= 4 is 43.7 Å². The van der Waals surface area contributed by atoms with Crippen molar-refractivity contribution in [2.45, 2.75) is 17.9 Å². The van der Waals surface area contributed by atoms with Crippen molar-refractivity contribution in [1.82, 2.24) is 5.32 Å². The molecule has 0 atom stereocenters. The van der Waals surface area contributed by atoms with E-state index in [1.807, 2.05) is 41.8 Å². The van der Waals surface area contributed by atoms with Gasteiger partial charge in [-0.25, -0.2) is 8.42 Å². The van der Waals surface area contributed by atoms with Crippen LogP contribution in [0.1, 0.15) is 10.4 Å². The molecule has 7 heteroatoms. The van der Waals surface area contributed by atoms with Gasteiger partial charge in [-0.05, 0) is 40.6 Å². The van der Waals surface area contributed by atoms with E-state index in [-0.39, 0.29) is 17.2 Å². The molecule has 0 aliphatic rings. The number of sulfonamides is 1. The Bertz CT molecular complexity index is 1260. The van der Waals surface area contributed by atoms with Crippen LogP contribution in [0.4, 0.5) is 5.69 Å². The van der Waals surface area contributed by atoms with E-state index in [9.17, 15) is 13.2 Å². The highest BCUT2D eigenvalue weighted by Gasteiger charge is 2.17. The molecule has 30 heavy (non-hydrogen) atoms. The summed E-state index contributed by atoms with van der Waals surface area (Å²) in [7, 11) is -3.74. The number of rotatable bonds is 7. The molecule has 0 saturated heterocycles. The van der Waals surface area contributed by atoms with Gasteiger partial charge in [-0.1, -0.05) is 54.6 Å². The second-order valence-corrected chi connectivity index (χ2v) is 9.50. The van der Waals surface area contributed by atoms with E-state index in [2.05, 4.69) is 10.0 Å². The average Bonchev–Trinajstić information content (AvgIpc) is 3.27. The summed E-state index contributed by atoms with van der Waals surface area (Å²) in [6.45, 7) is 0.513. The molecule has 0 bridgehead atoms. The van der Waals surface area contributed by atoms with Crippen molar-refractivity contribution in [3.8, 4) is 0 Å². The molecule has 1 amide bonds. The lowest BCUT2D eigenvalue weighted by atomic mass is 10.1. The molecule has 152 valence electrons. The van der Waals surface area contributed by atoms with Gasteiger partial charge in [-0.2, -0.15) is 0 Å². The summed E-state index contributed by atoms with van der Waals surface area (Å²) in [5.41, 5.74) is 1.26. The van der Waals surface area contributed by atoms with Crippen molar-refractivity contribution in [2.24, 2.45) is 0 Å². The summed E-state index contributed by atoms with van der Waals surface area (Å²) in [6, 6.07) is 23.4. The van der Waals surface area contributed by atoms with Gasteiger partial charge in [0.1, 0.15) is 0 Å². The molecular weight excluding hydrogens is 416 g/mol. The van der Waals surface area contributed by atoms with Crippen molar-refractivity contribution in [2.75, 3.05) is 4.72 Å². The van der Waals surface area contributed by atoms with Crippen LogP contribution in [-0.2, 0) is 27.8 Å². The molecule has 0 saturated carbocycles. The first kappa shape index (κ1) is 20.1. The number of carbonyl (C=O) groups excluding carboxylic acids is 1. The maximum atomic E-state index is 12.9. The summed E-state index contributed by atoms with van der Waals surface area (Å²) in [5.74, 6) is -0.0764. The highest BCUT2D eigenvalue weighted by atomic mass is 32.2. The van der Waals surface area contributed by atoms with Crippen LogP contribution in [0.2, 0.25) is 0 Å². The number of thiophene rings is 1. The largest absolute Gasteiger partial charge is 0.351 e. The van der Waals surface area contributed by atoms with Crippen LogP contribution in [0, 0.1) is 0 Å². The van der Waals surface area contributed by atoms with E-state index < -0.39 is 10.0 Å². The van der Waals surface area contributed by atoms with E-state index in [0.717, 1.165) is 15.8 Å². The molecule has 1 aromatic heterocycles. The van der Waals surface area contributed by atoms with Crippen LogP contribution in [-0.4, -0.2) is 14.3 Å². The third kappa shape index (κ3) is 4.69. The Balaban J connectivity index is 1.43. The highest BCUT2D eigenvalue weighted by Crippen LogP contribution is 2.25. The number of anilines is 1. The minimum absolute atomic E-state index is 0.0764. The fraction of sp³-hybridized carbons (Fsp3) is 0.0870. The molecule has 0 aliphatic carbocycles. The number of hydrogen-bond acceptors (Lipinski definition) is 4. The number of nitrogens with one attached hydrogen (secondary N) is 2. The predicted octanol–water partition coefficient (Wildman–Crippen LogP) is 4.56. The van der Waals surface area contributed by atoms with Gasteiger partial charge < -0.3 is 5.32 Å². The first-order chi connectivity index (χ1) is 14.5. The summed E-state index contributed by atoms with van der Waals surface area (Å²) >= 11 is 1.60. The van der Waals surface area contributed by atoms with Crippen molar-refractivity contribution in [3.05, 3.63) is 94.7 Å². The molecule has 0 radical (unpaired) electrons. The zero-order valence-corrected chi connectivity index (χ0v) is 17.7. The third-order valence-corrected chi connectivity index (χ3v) is 6.97. The molecule has 4 rings (SSSR count). The Labute approximate surface area is 179 Å². The zero-order chi connectivity index (χ0) is 21.0. The minimum Gasteiger partial charge on any atom is -0.351 e. The van der Waals surface area contributed by atoms with E-state index in [4.69, 9.17) is 0 Å². The molecule has 0 unspecified atom stereocenters. The highest BCUT2D eigenvalue weighted by molar-refractivity contribution is 7.93. The summed E-state index contributed by atoms with van der Waals surface area (Å²) in [4.78, 5) is 13.4. The van der Waals surface area contributed by atoms with Gasteiger partial charge in [0.25, 0.3) is 10.0 Å². The van der Waals surface area contributed by atoms with Gasteiger partial charge in [-0.15, -0.1) is 11.3 Å². The fourth-order valence-electron chi connectivity index (χ4n) is 3.18. The van der Waals surface area contributed by atoms with Crippen molar-refractivity contribution in [3.63, 3.8) is 0 Å². The molecule has 1 heterocycles. The summed E-state index contributed by atoms with van der Waals surface area (Å²) in [5, 5.41) is 6.39. The maximum absolute atomic E-state index is 12.9. The average molecular weight is 437 g/mol. The minimum atomic E-state index is -3.74. The van der Waals surface area contributed by atoms with Crippen LogP contribution in [0.25, 0.3) is 10.8 Å². The smallest absolute Gasteiger partial charge is 0.262 e. The van der Waals surface area contributed by atoms with Crippen LogP contribution < -0.4 is 10.0 Å². The standard InChI is InChI=1S/C23H20N2O3S2/c26-23(24-16-20-7-4-14-29-20)15-17-10-12-19(13-11-17)25-30(27,28)22-9-3-6-18-5-1-2-8-21(18)22/h1-14,25H,15-16H2,(H,24,26). The molecule has 0 aliphatic heterocycles. The van der Waals surface area contributed by atoms with Gasteiger partial charge >= 0.3 is 0 Å². The number of amides is 1. The topological polar surface area (TPSA) is 75.3 Å². The van der Waals surface area contributed by atoms with Crippen molar-refractivity contribution in [1.29, 1.82) is 0 Å². The lowest BCUT2D eigenvalue weighted by Gasteiger charge is -2.11. The van der Waals surface area contributed by atoms with Crippen LogP contribution in [0.5, 0.6) is 0 Å². The Morgan fingerprint density at radius 3 is 2.40 bits per heavy atom. The molecular formula is C23H20N2O3S2. The summed E-state index contributed by atoms with van der Waals surface area (Å²) in [6.07, 6.45) is 0.238. The van der Waals surface area contributed by atoms with Gasteiger partial charge in [0, 0.05) is 16.0 Å². The third-order valence-electron chi connectivity index (χ3n) is 4.65. The molecule has 0 fully saturated rings. The maximum Gasteiger partial charge on any atom is 0.262 e. The Morgan fingerprint density at radius 2 is 1.63 bits per heavy atom. The molecule has 2 N–H and O–H groups in total. The van der Waals surface area contributed by atoms with Crippen LogP contribution in [0.3, 0.4) is 0 Å². The Hall–Kier alpha value is -3.16. The van der Waals surface area contributed by atoms with Crippen LogP contribution in [0.15, 0.2) is 89.1 Å². The fourth-order valence-corrected chi connectivity index (χ4v) is 5.11. The molecule has 4 aromatic rings. The molecule has 0 spiro atoms. The zero-order valence-electron chi connectivity index (χ0n) is 16.0. The lowest BCUT2D eigenvalue weighted by molar-refractivity contribution is -0.120. The van der Waals surface area contributed by atoms with Gasteiger partial charge in [0.2, 0.25) is 5.91 Å². The quantitative estimate of drug-likeness (QED) is 0.446. The number of benzene rings is 3. The number of hydrogen-bond donors (Lipinski definition) is 2. The molecule has 3 aromatic carbocycles. The lowest BCUT2D eigenvalue weighted by Crippen LogP contribution is -2.24. The van der Waals surface area contributed by atoms with E-state index in [1.165, 1.54) is 0 Å². The Kier molecular flexibility index (Phi) is 5.83. The van der Waals surface area contributed by atoms with E-state index in [1.54, 1.807) is 53.8 Å². The molecule has 5 nitrogen and oxygen atoms in total. The normalized spacial score (nSPS) is 11.3.